The first-order valence-corrected chi connectivity index (χ1v) is 8.78. The number of thioether (sulfide) groups is 1. The highest BCUT2D eigenvalue weighted by molar-refractivity contribution is 7.99. The Hall–Kier alpha value is -1.00. The molecule has 3 rings (SSSR count). The maximum absolute atomic E-state index is 4.86. The summed E-state index contributed by atoms with van der Waals surface area (Å²) in [4.78, 5) is 4.86. The second-order valence-electron chi connectivity index (χ2n) is 6.92. The molecule has 114 valence electrons. The summed E-state index contributed by atoms with van der Waals surface area (Å²) in [7, 11) is 0. The first-order valence-electron chi connectivity index (χ1n) is 7.90. The van der Waals surface area contributed by atoms with Gasteiger partial charge in [0.25, 0.3) is 0 Å². The van der Waals surface area contributed by atoms with Gasteiger partial charge in [0.15, 0.2) is 0 Å². The first kappa shape index (κ1) is 14.9. The minimum atomic E-state index is 0.119. The summed E-state index contributed by atoms with van der Waals surface area (Å²) >= 11 is 1.98. The van der Waals surface area contributed by atoms with E-state index in [9.17, 15) is 0 Å². The zero-order valence-electron chi connectivity index (χ0n) is 13.2. The molecule has 0 radical (unpaired) electrons. The van der Waals surface area contributed by atoms with E-state index in [-0.39, 0.29) is 5.54 Å². The topological polar surface area (TPSA) is 29.3 Å². The number of rotatable bonds is 4. The lowest BCUT2D eigenvalue weighted by atomic mass is 10.1. The zero-order chi connectivity index (χ0) is 14.9. The summed E-state index contributed by atoms with van der Waals surface area (Å²) in [6.07, 6.45) is 7.55. The normalized spacial score (nSPS) is 16.9. The van der Waals surface area contributed by atoms with Gasteiger partial charge in [-0.3, -0.25) is 0 Å². The van der Waals surface area contributed by atoms with E-state index in [0.29, 0.717) is 0 Å². The zero-order valence-corrected chi connectivity index (χ0v) is 14.0. The number of aromatic nitrogens is 2. The van der Waals surface area contributed by atoms with Crippen molar-refractivity contribution >= 4 is 17.4 Å². The molecule has 0 unspecified atom stereocenters. The van der Waals surface area contributed by atoms with E-state index in [4.69, 9.17) is 4.98 Å². The fourth-order valence-corrected chi connectivity index (χ4v) is 4.13. The number of fused-ring (bicyclic) bond motifs is 1. The highest BCUT2D eigenvalue weighted by Crippen LogP contribution is 2.36. The first-order chi connectivity index (χ1) is 10.0. The Bertz CT molecular complexity index is 606. The minimum Gasteiger partial charge on any atom is -0.306 e. The number of imidazole rings is 1. The molecule has 1 aliphatic rings. The van der Waals surface area contributed by atoms with E-state index in [2.05, 4.69) is 54.9 Å². The molecule has 0 bridgehead atoms. The Kier molecular flexibility index (Phi) is 4.27. The Morgan fingerprint density at radius 2 is 2.05 bits per heavy atom. The van der Waals surface area contributed by atoms with Crippen molar-refractivity contribution in [3.63, 3.8) is 0 Å². The van der Waals surface area contributed by atoms with Gasteiger partial charge in [-0.15, -0.1) is 11.8 Å². The second kappa shape index (κ2) is 6.01. The molecular formula is C17H25N3S. The van der Waals surface area contributed by atoms with Gasteiger partial charge in [0.2, 0.25) is 0 Å². The average molecular weight is 303 g/mol. The van der Waals surface area contributed by atoms with Gasteiger partial charge in [-0.05, 0) is 45.7 Å². The molecule has 2 heterocycles. The van der Waals surface area contributed by atoms with Gasteiger partial charge in [0, 0.05) is 23.5 Å². The van der Waals surface area contributed by atoms with Crippen LogP contribution in [0.2, 0.25) is 0 Å². The Morgan fingerprint density at radius 1 is 1.29 bits per heavy atom. The van der Waals surface area contributed by atoms with Crippen LogP contribution in [0.4, 0.5) is 0 Å². The van der Waals surface area contributed by atoms with E-state index in [1.807, 2.05) is 11.8 Å². The van der Waals surface area contributed by atoms with Gasteiger partial charge >= 0.3 is 0 Å². The van der Waals surface area contributed by atoms with Gasteiger partial charge in [-0.2, -0.15) is 0 Å². The van der Waals surface area contributed by atoms with Crippen molar-refractivity contribution in [1.29, 1.82) is 0 Å². The molecule has 1 aliphatic carbocycles. The third-order valence-corrected chi connectivity index (χ3v) is 5.31. The van der Waals surface area contributed by atoms with E-state index < -0.39 is 0 Å². The summed E-state index contributed by atoms with van der Waals surface area (Å²) in [6.45, 7) is 7.49. The molecular weight excluding hydrogens is 278 g/mol. The molecule has 0 spiro atoms. The van der Waals surface area contributed by atoms with Crippen molar-refractivity contribution in [1.82, 2.24) is 14.7 Å². The molecule has 0 aromatic carbocycles. The van der Waals surface area contributed by atoms with Crippen molar-refractivity contribution in [3.05, 3.63) is 30.1 Å². The number of nitrogens with one attached hydrogen (secondary N) is 1. The Balaban J connectivity index is 1.89. The summed E-state index contributed by atoms with van der Waals surface area (Å²) < 4.78 is 2.23. The quantitative estimate of drug-likeness (QED) is 0.915. The largest absolute Gasteiger partial charge is 0.306 e. The summed E-state index contributed by atoms with van der Waals surface area (Å²) in [5.74, 6) is 0. The van der Waals surface area contributed by atoms with E-state index >= 15 is 0 Å². The van der Waals surface area contributed by atoms with Crippen molar-refractivity contribution < 1.29 is 0 Å². The molecule has 0 amide bonds. The highest BCUT2D eigenvalue weighted by Gasteiger charge is 2.21. The maximum atomic E-state index is 4.86. The number of hydrogen-bond acceptors (Lipinski definition) is 3. The second-order valence-corrected chi connectivity index (χ2v) is 8.21. The maximum Gasteiger partial charge on any atom is 0.138 e. The molecule has 0 aliphatic heterocycles. The number of hydrogen-bond donors (Lipinski definition) is 1. The molecule has 2 aromatic rings. The SMILES string of the molecule is CC(C)(C)NCc1c(SC2CCCC2)nc2ccccn12. The van der Waals surface area contributed by atoms with Crippen molar-refractivity contribution in [3.8, 4) is 0 Å². The van der Waals surface area contributed by atoms with Gasteiger partial charge in [0.1, 0.15) is 10.7 Å². The smallest absolute Gasteiger partial charge is 0.138 e. The molecule has 4 heteroatoms. The fraction of sp³-hybridized carbons (Fsp3) is 0.588. The van der Waals surface area contributed by atoms with Gasteiger partial charge in [0.05, 0.1) is 5.69 Å². The average Bonchev–Trinajstić information content (AvgIpc) is 3.03. The van der Waals surface area contributed by atoms with Crippen molar-refractivity contribution in [2.24, 2.45) is 0 Å². The monoisotopic (exact) mass is 303 g/mol. The summed E-state index contributed by atoms with van der Waals surface area (Å²) in [5, 5.41) is 5.57. The molecule has 2 aromatic heterocycles. The van der Waals surface area contributed by atoms with Crippen LogP contribution in [0.5, 0.6) is 0 Å². The third kappa shape index (κ3) is 3.61. The van der Waals surface area contributed by atoms with E-state index in [1.54, 1.807) is 0 Å². The lowest BCUT2D eigenvalue weighted by Gasteiger charge is -2.21. The van der Waals surface area contributed by atoms with Crippen LogP contribution in [0, 0.1) is 0 Å². The van der Waals surface area contributed by atoms with Gasteiger partial charge in [-0.25, -0.2) is 4.98 Å². The number of pyridine rings is 1. The predicted octanol–water partition coefficient (Wildman–Crippen LogP) is 4.26. The highest BCUT2D eigenvalue weighted by atomic mass is 32.2. The third-order valence-electron chi connectivity index (χ3n) is 3.96. The molecule has 0 atom stereocenters. The van der Waals surface area contributed by atoms with Crippen LogP contribution >= 0.6 is 11.8 Å². The van der Waals surface area contributed by atoms with Gasteiger partial charge < -0.3 is 9.72 Å². The molecule has 0 saturated heterocycles. The number of nitrogens with zero attached hydrogens (tertiary/aromatic N) is 2. The fourth-order valence-electron chi connectivity index (χ4n) is 2.79. The van der Waals surface area contributed by atoms with Crippen LogP contribution in [0.3, 0.4) is 0 Å². The van der Waals surface area contributed by atoms with Crippen molar-refractivity contribution in [2.45, 2.75) is 68.8 Å². The molecule has 1 N–H and O–H groups in total. The van der Waals surface area contributed by atoms with Crippen LogP contribution in [0.1, 0.15) is 52.1 Å². The summed E-state index contributed by atoms with van der Waals surface area (Å²) in [6, 6.07) is 6.24. The standard InChI is InChI=1S/C17H25N3S/c1-17(2,3)18-12-14-16(21-13-8-4-5-9-13)19-15-10-6-7-11-20(14)15/h6-7,10-11,13,18H,4-5,8-9,12H2,1-3H3. The Labute approximate surface area is 131 Å². The van der Waals surface area contributed by atoms with Crippen molar-refractivity contribution in [2.75, 3.05) is 0 Å². The molecule has 3 nitrogen and oxygen atoms in total. The van der Waals surface area contributed by atoms with E-state index in [1.165, 1.54) is 36.4 Å². The lowest BCUT2D eigenvalue weighted by Crippen LogP contribution is -2.35. The van der Waals surface area contributed by atoms with E-state index in [0.717, 1.165) is 17.4 Å². The van der Waals surface area contributed by atoms with Crippen LogP contribution in [-0.4, -0.2) is 20.2 Å². The molecule has 1 fully saturated rings. The molecule has 1 saturated carbocycles. The Morgan fingerprint density at radius 3 is 2.76 bits per heavy atom. The predicted molar refractivity (Wildman–Crippen MR) is 89.9 cm³/mol. The minimum absolute atomic E-state index is 0.119. The van der Waals surface area contributed by atoms with Crippen LogP contribution < -0.4 is 5.32 Å². The summed E-state index contributed by atoms with van der Waals surface area (Å²) in [5.41, 5.74) is 2.48. The lowest BCUT2D eigenvalue weighted by molar-refractivity contribution is 0.418. The van der Waals surface area contributed by atoms with Gasteiger partial charge in [-0.1, -0.05) is 18.9 Å². The van der Waals surface area contributed by atoms with Crippen LogP contribution in [0.25, 0.3) is 5.65 Å². The van der Waals surface area contributed by atoms with Crippen LogP contribution in [-0.2, 0) is 6.54 Å². The molecule has 21 heavy (non-hydrogen) atoms. The van der Waals surface area contributed by atoms with Crippen LogP contribution in [0.15, 0.2) is 29.4 Å².